The van der Waals surface area contributed by atoms with Gasteiger partial charge in [0, 0.05) is 0 Å². The second kappa shape index (κ2) is 8.22. The SMILES string of the molecule is Brc1ccc2oc(C[PH](c3ccccc3)(c3ccccc3)c3ccccc3)cc2c1. The van der Waals surface area contributed by atoms with Crippen LogP contribution in [0.3, 0.4) is 0 Å². The summed E-state index contributed by atoms with van der Waals surface area (Å²) >= 11 is 3.58. The van der Waals surface area contributed by atoms with E-state index in [2.05, 4.69) is 119 Å². The summed E-state index contributed by atoms with van der Waals surface area (Å²) in [5, 5.41) is 5.31. The van der Waals surface area contributed by atoms with Crippen LogP contribution in [0.5, 0.6) is 0 Å². The van der Waals surface area contributed by atoms with E-state index in [4.69, 9.17) is 4.42 Å². The molecule has 0 unspecified atom stereocenters. The molecule has 3 heteroatoms. The third kappa shape index (κ3) is 3.51. The Hall–Kier alpha value is -2.67. The summed E-state index contributed by atoms with van der Waals surface area (Å²) in [6.07, 6.45) is 0.872. The first kappa shape index (κ1) is 19.3. The average Bonchev–Trinajstić information content (AvgIpc) is 3.20. The van der Waals surface area contributed by atoms with Crippen LogP contribution in [0.2, 0.25) is 0 Å². The number of hydrogen-bond donors (Lipinski definition) is 0. The van der Waals surface area contributed by atoms with Gasteiger partial charge in [-0.2, -0.15) is 0 Å². The molecule has 1 aromatic heterocycles. The topological polar surface area (TPSA) is 13.1 Å². The van der Waals surface area contributed by atoms with Crippen molar-refractivity contribution in [2.75, 3.05) is 0 Å². The number of rotatable bonds is 5. The second-order valence-corrected chi connectivity index (χ2v) is 12.4. The predicted molar refractivity (Wildman–Crippen MR) is 134 cm³/mol. The summed E-state index contributed by atoms with van der Waals surface area (Å²) in [6.45, 7) is 0. The Bertz CT molecular complexity index is 1170. The van der Waals surface area contributed by atoms with Crippen molar-refractivity contribution >= 4 is 50.1 Å². The molecule has 4 aromatic carbocycles. The molecule has 0 bridgehead atoms. The Morgan fingerprint density at radius 3 is 1.60 bits per heavy atom. The molecule has 0 spiro atoms. The van der Waals surface area contributed by atoms with Gasteiger partial charge in [-0.15, -0.1) is 0 Å². The van der Waals surface area contributed by atoms with Crippen LogP contribution in [0.1, 0.15) is 5.76 Å². The van der Waals surface area contributed by atoms with E-state index in [1.165, 1.54) is 15.9 Å². The molecule has 0 aliphatic heterocycles. The monoisotopic (exact) mass is 472 g/mol. The van der Waals surface area contributed by atoms with E-state index in [1.54, 1.807) is 0 Å². The molecular weight excluding hydrogens is 451 g/mol. The molecule has 0 atom stereocenters. The average molecular weight is 473 g/mol. The normalized spacial score (nSPS) is 12.2. The summed E-state index contributed by atoms with van der Waals surface area (Å²) in [5.41, 5.74) is 0.935. The van der Waals surface area contributed by atoms with Gasteiger partial charge in [0.2, 0.25) is 0 Å². The summed E-state index contributed by atoms with van der Waals surface area (Å²) in [4.78, 5) is 0. The first-order valence-corrected chi connectivity index (χ1v) is 13.1. The number of furan rings is 1. The van der Waals surface area contributed by atoms with E-state index < -0.39 is 7.26 Å². The van der Waals surface area contributed by atoms with Gasteiger partial charge in [0.1, 0.15) is 0 Å². The molecule has 1 nitrogen and oxygen atoms in total. The molecule has 0 radical (unpaired) electrons. The van der Waals surface area contributed by atoms with Gasteiger partial charge in [-0.1, -0.05) is 0 Å². The molecular formula is C27H22BrOP. The summed E-state index contributed by atoms with van der Waals surface area (Å²) in [7, 11) is -2.35. The minimum atomic E-state index is -2.35. The van der Waals surface area contributed by atoms with Crippen LogP contribution in [0.15, 0.2) is 124 Å². The fourth-order valence-corrected chi connectivity index (χ4v) is 9.36. The van der Waals surface area contributed by atoms with Crippen molar-refractivity contribution in [2.24, 2.45) is 0 Å². The van der Waals surface area contributed by atoms with E-state index in [0.717, 1.165) is 27.4 Å². The predicted octanol–water partition coefficient (Wildman–Crippen LogP) is 6.42. The molecule has 0 N–H and O–H groups in total. The summed E-state index contributed by atoms with van der Waals surface area (Å²) < 4.78 is 7.43. The molecule has 0 saturated heterocycles. The zero-order chi connectivity index (χ0) is 20.4. The van der Waals surface area contributed by atoms with E-state index in [9.17, 15) is 0 Å². The van der Waals surface area contributed by atoms with Crippen molar-refractivity contribution in [1.29, 1.82) is 0 Å². The summed E-state index contributed by atoms with van der Waals surface area (Å²) in [5.74, 6) is 1.03. The van der Waals surface area contributed by atoms with Gasteiger partial charge < -0.3 is 0 Å². The molecule has 0 amide bonds. The molecule has 0 aliphatic rings. The third-order valence-corrected chi connectivity index (χ3v) is 11.1. The Kier molecular flexibility index (Phi) is 5.29. The van der Waals surface area contributed by atoms with Crippen molar-refractivity contribution in [1.82, 2.24) is 0 Å². The van der Waals surface area contributed by atoms with Gasteiger partial charge in [-0.25, -0.2) is 0 Å². The molecule has 30 heavy (non-hydrogen) atoms. The Morgan fingerprint density at radius 1 is 0.600 bits per heavy atom. The van der Waals surface area contributed by atoms with Crippen LogP contribution < -0.4 is 15.9 Å². The van der Waals surface area contributed by atoms with Crippen LogP contribution in [0, 0.1) is 0 Å². The van der Waals surface area contributed by atoms with Crippen LogP contribution >= 0.6 is 23.2 Å². The Morgan fingerprint density at radius 2 is 1.10 bits per heavy atom. The maximum atomic E-state index is 6.36. The standard InChI is InChI=1S/C27H22BrOP/c28-22-16-17-27-21(18-22)19-23(29-27)20-30(24-10-4-1-5-11-24,25-12-6-2-7-13-25)26-14-8-3-9-15-26/h1-19,30H,20H2. The van der Waals surface area contributed by atoms with Crippen LogP contribution in [0.4, 0.5) is 0 Å². The Balaban J connectivity index is 1.76. The fourth-order valence-electron chi connectivity index (χ4n) is 4.39. The number of fused-ring (bicyclic) bond motifs is 1. The van der Waals surface area contributed by atoms with E-state index in [1.807, 2.05) is 12.1 Å². The van der Waals surface area contributed by atoms with E-state index in [-0.39, 0.29) is 0 Å². The van der Waals surface area contributed by atoms with Gasteiger partial charge >= 0.3 is 186 Å². The maximum absolute atomic E-state index is 6.36. The molecule has 5 aromatic rings. The number of benzene rings is 4. The zero-order valence-electron chi connectivity index (χ0n) is 16.5. The molecule has 0 saturated carbocycles. The third-order valence-electron chi connectivity index (χ3n) is 5.77. The molecule has 1 heterocycles. The quantitative estimate of drug-likeness (QED) is 0.269. The molecule has 0 fully saturated rings. The fraction of sp³-hybridized carbons (Fsp3) is 0.0370. The first-order chi connectivity index (χ1) is 14.8. The van der Waals surface area contributed by atoms with Gasteiger partial charge in [0.05, 0.1) is 0 Å². The van der Waals surface area contributed by atoms with Crippen molar-refractivity contribution in [3.05, 3.63) is 125 Å². The van der Waals surface area contributed by atoms with E-state index in [0.29, 0.717) is 0 Å². The van der Waals surface area contributed by atoms with Crippen LogP contribution in [0.25, 0.3) is 11.0 Å². The van der Waals surface area contributed by atoms with E-state index >= 15 is 0 Å². The molecule has 148 valence electrons. The number of hydrogen-bond acceptors (Lipinski definition) is 1. The molecule has 5 rings (SSSR count). The van der Waals surface area contributed by atoms with Crippen molar-refractivity contribution in [2.45, 2.75) is 6.16 Å². The van der Waals surface area contributed by atoms with Crippen LogP contribution in [-0.4, -0.2) is 0 Å². The Labute approximate surface area is 185 Å². The van der Waals surface area contributed by atoms with Gasteiger partial charge in [0.15, 0.2) is 0 Å². The van der Waals surface area contributed by atoms with Crippen molar-refractivity contribution < 1.29 is 4.42 Å². The molecule has 0 aliphatic carbocycles. The number of halogens is 1. The summed E-state index contributed by atoms with van der Waals surface area (Å²) in [6, 6.07) is 41.3. The van der Waals surface area contributed by atoms with Crippen molar-refractivity contribution in [3.8, 4) is 0 Å². The van der Waals surface area contributed by atoms with Gasteiger partial charge in [-0.3, -0.25) is 0 Å². The zero-order valence-corrected chi connectivity index (χ0v) is 19.0. The van der Waals surface area contributed by atoms with Gasteiger partial charge in [0.25, 0.3) is 0 Å². The van der Waals surface area contributed by atoms with Crippen LogP contribution in [-0.2, 0) is 6.16 Å². The van der Waals surface area contributed by atoms with Crippen molar-refractivity contribution in [3.63, 3.8) is 0 Å². The van der Waals surface area contributed by atoms with Gasteiger partial charge in [-0.05, 0) is 0 Å². The minimum absolute atomic E-state index is 0.872. The second-order valence-electron chi connectivity index (χ2n) is 7.58. The first-order valence-electron chi connectivity index (χ1n) is 10.1.